The SMILES string of the molecule is COC1CCCCC12CCC(CBr)O2. The van der Waals surface area contributed by atoms with Gasteiger partial charge in [0.1, 0.15) is 0 Å². The monoisotopic (exact) mass is 262 g/mol. The molecule has 82 valence electrons. The van der Waals surface area contributed by atoms with Gasteiger partial charge in [-0.1, -0.05) is 28.8 Å². The highest BCUT2D eigenvalue weighted by Gasteiger charge is 2.47. The fourth-order valence-corrected chi connectivity index (χ4v) is 3.35. The van der Waals surface area contributed by atoms with Crippen LogP contribution in [0.4, 0.5) is 0 Å². The first-order valence-electron chi connectivity index (χ1n) is 5.57. The molecule has 0 aromatic rings. The summed E-state index contributed by atoms with van der Waals surface area (Å²) in [6, 6.07) is 0. The normalized spacial score (nSPS) is 43.3. The van der Waals surface area contributed by atoms with Crippen LogP contribution in [-0.4, -0.2) is 30.2 Å². The van der Waals surface area contributed by atoms with E-state index in [9.17, 15) is 0 Å². The number of hydrogen-bond donors (Lipinski definition) is 0. The summed E-state index contributed by atoms with van der Waals surface area (Å²) in [5.41, 5.74) is 0.0609. The third kappa shape index (κ3) is 1.86. The van der Waals surface area contributed by atoms with Gasteiger partial charge in [0, 0.05) is 12.4 Å². The number of alkyl halides is 1. The molecule has 1 saturated carbocycles. The van der Waals surface area contributed by atoms with Crippen molar-refractivity contribution < 1.29 is 9.47 Å². The highest BCUT2D eigenvalue weighted by molar-refractivity contribution is 9.09. The first-order valence-corrected chi connectivity index (χ1v) is 6.69. The van der Waals surface area contributed by atoms with Crippen LogP contribution in [0, 0.1) is 0 Å². The first kappa shape index (κ1) is 10.9. The molecule has 3 unspecified atom stereocenters. The zero-order valence-corrected chi connectivity index (χ0v) is 10.4. The number of rotatable bonds is 2. The molecule has 0 radical (unpaired) electrons. The molecule has 0 N–H and O–H groups in total. The summed E-state index contributed by atoms with van der Waals surface area (Å²) in [4.78, 5) is 0. The largest absolute Gasteiger partial charge is 0.378 e. The standard InChI is InChI=1S/C11H19BrO2/c1-13-10-4-2-3-6-11(10)7-5-9(8-12)14-11/h9-10H,2-8H2,1H3. The maximum absolute atomic E-state index is 6.17. The average molecular weight is 263 g/mol. The van der Waals surface area contributed by atoms with Crippen molar-refractivity contribution in [2.75, 3.05) is 12.4 Å². The third-order valence-electron chi connectivity index (χ3n) is 3.65. The Morgan fingerprint density at radius 3 is 2.86 bits per heavy atom. The topological polar surface area (TPSA) is 18.5 Å². The highest BCUT2D eigenvalue weighted by atomic mass is 79.9. The van der Waals surface area contributed by atoms with Gasteiger partial charge in [0.15, 0.2) is 0 Å². The molecule has 1 aliphatic carbocycles. The predicted octanol–water partition coefficient (Wildman–Crippen LogP) is 2.89. The lowest BCUT2D eigenvalue weighted by Crippen LogP contribution is -2.46. The summed E-state index contributed by atoms with van der Waals surface area (Å²) in [6.45, 7) is 0. The van der Waals surface area contributed by atoms with E-state index in [1.54, 1.807) is 0 Å². The summed E-state index contributed by atoms with van der Waals surface area (Å²) in [7, 11) is 1.82. The molecule has 14 heavy (non-hydrogen) atoms. The summed E-state index contributed by atoms with van der Waals surface area (Å²) in [5, 5.41) is 0.963. The zero-order valence-electron chi connectivity index (χ0n) is 8.80. The van der Waals surface area contributed by atoms with Gasteiger partial charge in [0.2, 0.25) is 0 Å². The van der Waals surface area contributed by atoms with Crippen molar-refractivity contribution in [2.45, 2.75) is 56.3 Å². The molecule has 0 bridgehead atoms. The van der Waals surface area contributed by atoms with Crippen molar-refractivity contribution in [3.63, 3.8) is 0 Å². The van der Waals surface area contributed by atoms with Crippen molar-refractivity contribution in [1.29, 1.82) is 0 Å². The molecule has 3 atom stereocenters. The van der Waals surface area contributed by atoms with Gasteiger partial charge in [0.05, 0.1) is 17.8 Å². The second-order valence-corrected chi connectivity index (χ2v) is 5.12. The molecule has 2 aliphatic rings. The Balaban J connectivity index is 2.05. The van der Waals surface area contributed by atoms with Crippen molar-refractivity contribution in [3.8, 4) is 0 Å². The first-order chi connectivity index (χ1) is 6.80. The summed E-state index contributed by atoms with van der Waals surface area (Å²) >= 11 is 3.50. The molecule has 3 heteroatoms. The lowest BCUT2D eigenvalue weighted by Gasteiger charge is -2.40. The molecule has 1 heterocycles. The lowest BCUT2D eigenvalue weighted by atomic mass is 9.80. The molecule has 0 amide bonds. The molecule has 1 aliphatic heterocycles. The number of hydrogen-bond acceptors (Lipinski definition) is 2. The van der Waals surface area contributed by atoms with Gasteiger partial charge in [-0.3, -0.25) is 0 Å². The minimum absolute atomic E-state index is 0.0609. The van der Waals surface area contributed by atoms with Gasteiger partial charge in [-0.25, -0.2) is 0 Å². The lowest BCUT2D eigenvalue weighted by molar-refractivity contribution is -0.142. The van der Waals surface area contributed by atoms with E-state index in [1.807, 2.05) is 7.11 Å². The van der Waals surface area contributed by atoms with Crippen LogP contribution in [0.25, 0.3) is 0 Å². The molecule has 0 aromatic carbocycles. The van der Waals surface area contributed by atoms with Crippen LogP contribution in [0.3, 0.4) is 0 Å². The number of methoxy groups -OCH3 is 1. The fraction of sp³-hybridized carbons (Fsp3) is 1.00. The van der Waals surface area contributed by atoms with E-state index >= 15 is 0 Å². The van der Waals surface area contributed by atoms with Crippen LogP contribution in [0.1, 0.15) is 38.5 Å². The Labute approximate surface area is 94.5 Å². The Morgan fingerprint density at radius 1 is 1.36 bits per heavy atom. The van der Waals surface area contributed by atoms with E-state index in [0.29, 0.717) is 12.2 Å². The van der Waals surface area contributed by atoms with Crippen LogP contribution >= 0.6 is 15.9 Å². The number of halogens is 1. The second-order valence-electron chi connectivity index (χ2n) is 4.47. The van der Waals surface area contributed by atoms with Crippen molar-refractivity contribution in [2.24, 2.45) is 0 Å². The summed E-state index contributed by atoms with van der Waals surface area (Å²) in [6.07, 6.45) is 8.07. The maximum Gasteiger partial charge on any atom is 0.0947 e. The van der Waals surface area contributed by atoms with Gasteiger partial charge in [-0.05, 0) is 25.7 Å². The minimum Gasteiger partial charge on any atom is -0.378 e. The fourth-order valence-electron chi connectivity index (χ4n) is 2.90. The van der Waals surface area contributed by atoms with Crippen molar-refractivity contribution in [1.82, 2.24) is 0 Å². The van der Waals surface area contributed by atoms with Gasteiger partial charge < -0.3 is 9.47 Å². The molecule has 0 aromatic heterocycles. The minimum atomic E-state index is 0.0609. The molecular formula is C11H19BrO2. The Hall–Kier alpha value is 0.400. The Kier molecular flexibility index (Phi) is 3.50. The van der Waals surface area contributed by atoms with Gasteiger partial charge >= 0.3 is 0 Å². The highest BCUT2D eigenvalue weighted by Crippen LogP contribution is 2.43. The van der Waals surface area contributed by atoms with Gasteiger partial charge in [-0.2, -0.15) is 0 Å². The van der Waals surface area contributed by atoms with E-state index in [1.165, 1.54) is 38.5 Å². The quantitative estimate of drug-likeness (QED) is 0.713. The average Bonchev–Trinajstić information content (AvgIpc) is 2.63. The van der Waals surface area contributed by atoms with E-state index < -0.39 is 0 Å². The van der Waals surface area contributed by atoms with Crippen LogP contribution in [0.2, 0.25) is 0 Å². The smallest absolute Gasteiger partial charge is 0.0947 e. The van der Waals surface area contributed by atoms with Gasteiger partial charge in [0.25, 0.3) is 0 Å². The molecule has 1 spiro atoms. The third-order valence-corrected chi connectivity index (χ3v) is 4.37. The van der Waals surface area contributed by atoms with Crippen LogP contribution < -0.4 is 0 Å². The number of ether oxygens (including phenoxy) is 2. The van der Waals surface area contributed by atoms with Crippen LogP contribution in [0.15, 0.2) is 0 Å². The predicted molar refractivity (Wildman–Crippen MR) is 59.9 cm³/mol. The molecular weight excluding hydrogens is 244 g/mol. The Bertz CT molecular complexity index is 198. The molecule has 2 fully saturated rings. The van der Waals surface area contributed by atoms with Gasteiger partial charge in [-0.15, -0.1) is 0 Å². The molecule has 2 rings (SSSR count). The molecule has 2 nitrogen and oxygen atoms in total. The van der Waals surface area contributed by atoms with E-state index in [-0.39, 0.29) is 5.60 Å². The second kappa shape index (κ2) is 4.50. The Morgan fingerprint density at radius 2 is 2.21 bits per heavy atom. The van der Waals surface area contributed by atoms with E-state index in [2.05, 4.69) is 15.9 Å². The maximum atomic E-state index is 6.17. The van der Waals surface area contributed by atoms with Crippen LogP contribution in [0.5, 0.6) is 0 Å². The zero-order chi connectivity index (χ0) is 10.0. The summed E-state index contributed by atoms with van der Waals surface area (Å²) in [5.74, 6) is 0. The van der Waals surface area contributed by atoms with Crippen LogP contribution in [-0.2, 0) is 9.47 Å². The van der Waals surface area contributed by atoms with Crippen molar-refractivity contribution >= 4 is 15.9 Å². The summed E-state index contributed by atoms with van der Waals surface area (Å²) < 4.78 is 11.8. The van der Waals surface area contributed by atoms with Crippen molar-refractivity contribution in [3.05, 3.63) is 0 Å². The molecule has 1 saturated heterocycles. The van der Waals surface area contributed by atoms with E-state index in [4.69, 9.17) is 9.47 Å². The van der Waals surface area contributed by atoms with E-state index in [0.717, 1.165) is 5.33 Å².